The van der Waals surface area contributed by atoms with E-state index >= 15 is 0 Å². The van der Waals surface area contributed by atoms with Crippen molar-refractivity contribution in [3.05, 3.63) is 29.6 Å². The number of hydrogen-bond donors (Lipinski definition) is 2. The number of carbonyl (C=O) groups is 2. The molecule has 0 spiro atoms. The number of aliphatic hydroxyl groups is 1. The molecule has 0 radical (unpaired) electrons. The van der Waals surface area contributed by atoms with E-state index in [1.165, 1.54) is 23.1 Å². The van der Waals surface area contributed by atoms with Crippen molar-refractivity contribution >= 4 is 17.7 Å². The molecule has 0 aromatic heterocycles. The molecular formula is C17H23FN2O4. The standard InChI is InChI=1S/C17H23FN2O4/c1-10-9-11(5-6-12(10)18)19-15(22)14-13(21)7-8-20(14)16(23)24-17(2,3)4/h5-6,9,13-14,21H,7-8H2,1-4H3,(H,19,22)/t13-,14+/m1/s1. The van der Waals surface area contributed by atoms with Crippen molar-refractivity contribution in [3.63, 3.8) is 0 Å². The number of halogens is 1. The average Bonchev–Trinajstić information content (AvgIpc) is 2.83. The Morgan fingerprint density at radius 3 is 2.62 bits per heavy atom. The van der Waals surface area contributed by atoms with Gasteiger partial charge < -0.3 is 15.2 Å². The summed E-state index contributed by atoms with van der Waals surface area (Å²) in [6.45, 7) is 7.01. The highest BCUT2D eigenvalue weighted by molar-refractivity contribution is 5.97. The number of aliphatic hydroxyl groups excluding tert-OH is 1. The van der Waals surface area contributed by atoms with Crippen molar-refractivity contribution in [2.45, 2.75) is 51.9 Å². The van der Waals surface area contributed by atoms with Crippen molar-refractivity contribution in [2.24, 2.45) is 0 Å². The second-order valence-electron chi connectivity index (χ2n) is 6.93. The fraction of sp³-hybridized carbons (Fsp3) is 0.529. The molecule has 2 N–H and O–H groups in total. The lowest BCUT2D eigenvalue weighted by atomic mass is 10.1. The van der Waals surface area contributed by atoms with E-state index in [4.69, 9.17) is 4.74 Å². The minimum atomic E-state index is -1.04. The molecule has 2 atom stereocenters. The molecule has 1 aliphatic heterocycles. The number of ether oxygens (including phenoxy) is 1. The first-order valence-corrected chi connectivity index (χ1v) is 7.83. The summed E-state index contributed by atoms with van der Waals surface area (Å²) >= 11 is 0. The van der Waals surface area contributed by atoms with E-state index in [0.717, 1.165) is 0 Å². The largest absolute Gasteiger partial charge is 0.444 e. The molecule has 1 fully saturated rings. The van der Waals surface area contributed by atoms with Gasteiger partial charge in [0.25, 0.3) is 0 Å². The molecule has 1 saturated heterocycles. The summed E-state index contributed by atoms with van der Waals surface area (Å²) < 4.78 is 18.6. The number of aryl methyl sites for hydroxylation is 1. The van der Waals surface area contributed by atoms with Gasteiger partial charge in [-0.05, 0) is 57.9 Å². The minimum Gasteiger partial charge on any atom is -0.444 e. The van der Waals surface area contributed by atoms with E-state index in [-0.39, 0.29) is 12.4 Å². The summed E-state index contributed by atoms with van der Waals surface area (Å²) in [6.07, 6.45) is -1.33. The summed E-state index contributed by atoms with van der Waals surface area (Å²) in [5.74, 6) is -0.902. The van der Waals surface area contributed by atoms with Crippen molar-refractivity contribution in [1.29, 1.82) is 0 Å². The van der Waals surface area contributed by atoms with E-state index in [1.54, 1.807) is 27.7 Å². The van der Waals surface area contributed by atoms with Crippen LogP contribution in [0.25, 0.3) is 0 Å². The number of carbonyl (C=O) groups excluding carboxylic acids is 2. The van der Waals surface area contributed by atoms with E-state index < -0.39 is 29.7 Å². The summed E-state index contributed by atoms with van der Waals surface area (Å²) in [7, 11) is 0. The van der Waals surface area contributed by atoms with Crippen LogP contribution in [0.15, 0.2) is 18.2 Å². The number of anilines is 1. The number of nitrogens with zero attached hydrogens (tertiary/aromatic N) is 1. The topological polar surface area (TPSA) is 78.9 Å². The van der Waals surface area contributed by atoms with Gasteiger partial charge in [-0.3, -0.25) is 9.69 Å². The predicted molar refractivity (Wildman–Crippen MR) is 87.1 cm³/mol. The van der Waals surface area contributed by atoms with Crippen LogP contribution in [0.1, 0.15) is 32.8 Å². The van der Waals surface area contributed by atoms with Gasteiger partial charge in [0, 0.05) is 12.2 Å². The first-order valence-electron chi connectivity index (χ1n) is 7.83. The third kappa shape index (κ3) is 4.23. The second-order valence-corrected chi connectivity index (χ2v) is 6.93. The van der Waals surface area contributed by atoms with Gasteiger partial charge in [0.05, 0.1) is 6.10 Å². The SMILES string of the molecule is Cc1cc(NC(=O)[C@@H]2[C@H](O)CCN2C(=O)OC(C)(C)C)ccc1F. The smallest absolute Gasteiger partial charge is 0.411 e. The van der Waals surface area contributed by atoms with E-state index in [9.17, 15) is 19.1 Å². The van der Waals surface area contributed by atoms with Crippen LogP contribution in [0.2, 0.25) is 0 Å². The van der Waals surface area contributed by atoms with Crippen LogP contribution in [0.4, 0.5) is 14.9 Å². The first kappa shape index (κ1) is 18.2. The fourth-order valence-corrected chi connectivity index (χ4v) is 2.56. The van der Waals surface area contributed by atoms with Gasteiger partial charge in [-0.1, -0.05) is 0 Å². The number of nitrogens with one attached hydrogen (secondary N) is 1. The minimum absolute atomic E-state index is 0.233. The number of likely N-dealkylation sites (tertiary alicyclic amines) is 1. The molecule has 7 heteroatoms. The Balaban J connectivity index is 2.12. The average molecular weight is 338 g/mol. The molecule has 1 aromatic rings. The monoisotopic (exact) mass is 338 g/mol. The molecule has 1 heterocycles. The van der Waals surface area contributed by atoms with Crippen LogP contribution in [0, 0.1) is 12.7 Å². The van der Waals surface area contributed by atoms with Gasteiger partial charge in [0.2, 0.25) is 5.91 Å². The highest BCUT2D eigenvalue weighted by atomic mass is 19.1. The molecule has 1 aromatic carbocycles. The molecule has 2 rings (SSSR count). The van der Waals surface area contributed by atoms with Crippen LogP contribution in [-0.4, -0.2) is 46.3 Å². The lowest BCUT2D eigenvalue weighted by Gasteiger charge is -2.28. The summed E-state index contributed by atoms with van der Waals surface area (Å²) in [5.41, 5.74) is 0.102. The number of benzene rings is 1. The first-order chi connectivity index (χ1) is 11.1. The van der Waals surface area contributed by atoms with Gasteiger partial charge in [-0.25, -0.2) is 9.18 Å². The fourth-order valence-electron chi connectivity index (χ4n) is 2.56. The van der Waals surface area contributed by atoms with Crippen LogP contribution in [0.5, 0.6) is 0 Å². The molecular weight excluding hydrogens is 315 g/mol. The zero-order chi connectivity index (χ0) is 18.1. The normalized spacial score (nSPS) is 20.8. The molecule has 24 heavy (non-hydrogen) atoms. The Kier molecular flexibility index (Phi) is 5.13. The molecule has 2 amide bonds. The van der Waals surface area contributed by atoms with Crippen molar-refractivity contribution in [2.75, 3.05) is 11.9 Å². The Morgan fingerprint density at radius 1 is 1.38 bits per heavy atom. The van der Waals surface area contributed by atoms with E-state index in [0.29, 0.717) is 17.7 Å². The quantitative estimate of drug-likeness (QED) is 0.868. The molecule has 6 nitrogen and oxygen atoms in total. The van der Waals surface area contributed by atoms with Gasteiger partial charge in [0.1, 0.15) is 17.5 Å². The van der Waals surface area contributed by atoms with Crippen LogP contribution in [-0.2, 0) is 9.53 Å². The maximum atomic E-state index is 13.3. The van der Waals surface area contributed by atoms with Crippen molar-refractivity contribution in [1.82, 2.24) is 4.90 Å². The van der Waals surface area contributed by atoms with Crippen molar-refractivity contribution in [3.8, 4) is 0 Å². The predicted octanol–water partition coefficient (Wildman–Crippen LogP) is 2.44. The van der Waals surface area contributed by atoms with Crippen LogP contribution < -0.4 is 5.32 Å². The van der Waals surface area contributed by atoms with E-state index in [2.05, 4.69) is 5.32 Å². The Bertz CT molecular complexity index is 642. The third-order valence-corrected chi connectivity index (χ3v) is 3.69. The van der Waals surface area contributed by atoms with Gasteiger partial charge in [-0.15, -0.1) is 0 Å². The maximum Gasteiger partial charge on any atom is 0.411 e. The lowest BCUT2D eigenvalue weighted by Crippen LogP contribution is -2.49. The highest BCUT2D eigenvalue weighted by Gasteiger charge is 2.42. The van der Waals surface area contributed by atoms with Gasteiger partial charge >= 0.3 is 6.09 Å². The molecule has 0 saturated carbocycles. The van der Waals surface area contributed by atoms with Gasteiger partial charge in [-0.2, -0.15) is 0 Å². The van der Waals surface area contributed by atoms with Crippen LogP contribution in [0.3, 0.4) is 0 Å². The second kappa shape index (κ2) is 6.76. The zero-order valence-corrected chi connectivity index (χ0v) is 14.3. The zero-order valence-electron chi connectivity index (χ0n) is 14.3. The van der Waals surface area contributed by atoms with Crippen LogP contribution >= 0.6 is 0 Å². The molecule has 132 valence electrons. The Hall–Kier alpha value is -2.15. The summed E-state index contributed by atoms with van der Waals surface area (Å²) in [5, 5.41) is 12.7. The number of rotatable bonds is 2. The number of hydrogen-bond acceptors (Lipinski definition) is 4. The summed E-state index contributed by atoms with van der Waals surface area (Å²) in [6, 6.07) is 3.14. The molecule has 1 aliphatic rings. The highest BCUT2D eigenvalue weighted by Crippen LogP contribution is 2.23. The molecule has 0 unspecified atom stereocenters. The third-order valence-electron chi connectivity index (χ3n) is 3.69. The maximum absolute atomic E-state index is 13.3. The van der Waals surface area contributed by atoms with Crippen molar-refractivity contribution < 1.29 is 23.8 Å². The Labute approximate surface area is 140 Å². The Morgan fingerprint density at radius 2 is 2.04 bits per heavy atom. The lowest BCUT2D eigenvalue weighted by molar-refractivity contribution is -0.122. The molecule has 0 aliphatic carbocycles. The number of amides is 2. The summed E-state index contributed by atoms with van der Waals surface area (Å²) in [4.78, 5) is 25.9. The molecule has 0 bridgehead atoms. The van der Waals surface area contributed by atoms with E-state index in [1.807, 2.05) is 0 Å². The van der Waals surface area contributed by atoms with Gasteiger partial charge in [0.15, 0.2) is 0 Å².